The smallest absolute Gasteiger partial charge is 0.273 e. The molecule has 0 unspecified atom stereocenters. The van der Waals surface area contributed by atoms with Crippen LogP contribution in [0.3, 0.4) is 0 Å². The molecule has 0 aliphatic heterocycles. The normalized spacial score (nSPS) is 10.1. The molecule has 1 N–H and O–H groups in total. The van der Waals surface area contributed by atoms with E-state index < -0.39 is 0 Å². The second-order valence-corrected chi connectivity index (χ2v) is 3.82. The molecule has 1 rings (SSSR count). The van der Waals surface area contributed by atoms with E-state index in [1.165, 1.54) is 11.1 Å². The molecule has 0 atom stereocenters. The van der Waals surface area contributed by atoms with Crippen LogP contribution in [-0.2, 0) is 11.3 Å². The molecule has 0 spiro atoms. The van der Waals surface area contributed by atoms with Gasteiger partial charge in [0.15, 0.2) is 0 Å². The number of carbonyl (C=O) groups is 2. The fourth-order valence-corrected chi connectivity index (χ4v) is 1.39. The van der Waals surface area contributed by atoms with E-state index in [0.717, 1.165) is 0 Å². The highest BCUT2D eigenvalue weighted by Gasteiger charge is 2.20. The first kappa shape index (κ1) is 13.2. The first-order chi connectivity index (χ1) is 8.01. The Labute approximate surface area is 101 Å². The summed E-state index contributed by atoms with van der Waals surface area (Å²) in [5.74, 6) is -0.302. The van der Waals surface area contributed by atoms with Crippen LogP contribution >= 0.6 is 0 Å². The summed E-state index contributed by atoms with van der Waals surface area (Å²) in [5, 5.41) is 6.76. The second-order valence-electron chi connectivity index (χ2n) is 3.82. The lowest BCUT2D eigenvalue weighted by molar-refractivity contribution is -0.115. The van der Waals surface area contributed by atoms with Gasteiger partial charge < -0.3 is 10.2 Å². The molecule has 0 aromatic carbocycles. The standard InChI is InChI=1S/C11H18N4O2/c1-5-9(16)13-8-7-12-15(6-2)10(8)11(17)14(3)4/h7H,5-6H2,1-4H3,(H,13,16). The minimum Gasteiger partial charge on any atom is -0.343 e. The summed E-state index contributed by atoms with van der Waals surface area (Å²) in [6.07, 6.45) is 1.88. The van der Waals surface area contributed by atoms with Gasteiger partial charge in [0.05, 0.1) is 11.9 Å². The minimum atomic E-state index is -0.171. The molecule has 6 heteroatoms. The third-order valence-corrected chi connectivity index (χ3v) is 2.34. The molecule has 0 saturated carbocycles. The van der Waals surface area contributed by atoms with E-state index in [1.807, 2.05) is 6.92 Å². The van der Waals surface area contributed by atoms with Gasteiger partial charge >= 0.3 is 0 Å². The van der Waals surface area contributed by atoms with Crippen LogP contribution in [0.25, 0.3) is 0 Å². The highest BCUT2D eigenvalue weighted by molar-refractivity contribution is 6.02. The van der Waals surface area contributed by atoms with Crippen LogP contribution in [0.5, 0.6) is 0 Å². The van der Waals surface area contributed by atoms with Crippen molar-refractivity contribution in [3.63, 3.8) is 0 Å². The molecule has 0 bridgehead atoms. The molecule has 1 heterocycles. The lowest BCUT2D eigenvalue weighted by atomic mass is 10.3. The predicted molar refractivity (Wildman–Crippen MR) is 64.8 cm³/mol. The van der Waals surface area contributed by atoms with Gasteiger partial charge in [-0.2, -0.15) is 5.10 Å². The van der Waals surface area contributed by atoms with Crippen molar-refractivity contribution in [1.29, 1.82) is 0 Å². The van der Waals surface area contributed by atoms with Crippen molar-refractivity contribution in [2.75, 3.05) is 19.4 Å². The topological polar surface area (TPSA) is 67.2 Å². The van der Waals surface area contributed by atoms with Crippen molar-refractivity contribution in [2.45, 2.75) is 26.8 Å². The van der Waals surface area contributed by atoms with Gasteiger partial charge in [0.1, 0.15) is 5.69 Å². The summed E-state index contributed by atoms with van der Waals surface area (Å²) in [5.41, 5.74) is 0.886. The molecule has 94 valence electrons. The third kappa shape index (κ3) is 2.83. The van der Waals surface area contributed by atoms with E-state index in [2.05, 4.69) is 10.4 Å². The zero-order valence-electron chi connectivity index (χ0n) is 10.6. The van der Waals surface area contributed by atoms with Crippen LogP contribution in [0.2, 0.25) is 0 Å². The van der Waals surface area contributed by atoms with Crippen LogP contribution in [0, 0.1) is 0 Å². The molecule has 2 amide bonds. The first-order valence-electron chi connectivity index (χ1n) is 5.58. The molecule has 0 fully saturated rings. The average molecular weight is 238 g/mol. The zero-order chi connectivity index (χ0) is 13.0. The van der Waals surface area contributed by atoms with Crippen LogP contribution in [0.15, 0.2) is 6.20 Å². The van der Waals surface area contributed by atoms with Crippen molar-refractivity contribution in [3.8, 4) is 0 Å². The van der Waals surface area contributed by atoms with Crippen molar-refractivity contribution in [2.24, 2.45) is 0 Å². The number of nitrogens with one attached hydrogen (secondary N) is 1. The number of carbonyl (C=O) groups excluding carboxylic acids is 2. The molecule has 6 nitrogen and oxygen atoms in total. The van der Waals surface area contributed by atoms with Gasteiger partial charge in [0.25, 0.3) is 5.91 Å². The number of hydrogen-bond donors (Lipinski definition) is 1. The second kappa shape index (κ2) is 5.47. The lowest BCUT2D eigenvalue weighted by Crippen LogP contribution is -2.26. The Bertz CT molecular complexity index is 423. The highest BCUT2D eigenvalue weighted by Crippen LogP contribution is 2.16. The van der Waals surface area contributed by atoms with E-state index in [0.29, 0.717) is 24.3 Å². The SMILES string of the molecule is CCC(=O)Nc1cnn(CC)c1C(=O)N(C)C. The van der Waals surface area contributed by atoms with Crippen LogP contribution in [0.1, 0.15) is 30.8 Å². The minimum absolute atomic E-state index is 0.131. The fraction of sp³-hybridized carbons (Fsp3) is 0.545. The molecule has 17 heavy (non-hydrogen) atoms. The predicted octanol–water partition coefficient (Wildman–Crippen LogP) is 0.953. The van der Waals surface area contributed by atoms with Gasteiger partial charge in [-0.1, -0.05) is 6.92 Å². The van der Waals surface area contributed by atoms with E-state index in [-0.39, 0.29) is 11.8 Å². The Morgan fingerprint density at radius 2 is 2.06 bits per heavy atom. The summed E-state index contributed by atoms with van der Waals surface area (Å²) in [4.78, 5) is 24.8. The molecule has 0 radical (unpaired) electrons. The Kier molecular flexibility index (Phi) is 4.25. The number of aromatic nitrogens is 2. The molecule has 0 aliphatic rings. The number of aryl methyl sites for hydroxylation is 1. The van der Waals surface area contributed by atoms with Crippen molar-refractivity contribution >= 4 is 17.5 Å². The molecule has 1 aromatic heterocycles. The first-order valence-corrected chi connectivity index (χ1v) is 5.58. The maximum Gasteiger partial charge on any atom is 0.273 e. The summed E-state index contributed by atoms with van der Waals surface area (Å²) < 4.78 is 1.58. The monoisotopic (exact) mass is 238 g/mol. The van der Waals surface area contributed by atoms with E-state index >= 15 is 0 Å². The zero-order valence-corrected chi connectivity index (χ0v) is 10.6. The van der Waals surface area contributed by atoms with Crippen LogP contribution < -0.4 is 5.32 Å². The van der Waals surface area contributed by atoms with Crippen LogP contribution in [-0.4, -0.2) is 40.6 Å². The van der Waals surface area contributed by atoms with Crippen molar-refractivity contribution in [3.05, 3.63) is 11.9 Å². The van der Waals surface area contributed by atoms with Crippen LogP contribution in [0.4, 0.5) is 5.69 Å². The summed E-state index contributed by atoms with van der Waals surface area (Å²) in [6.45, 7) is 4.23. The van der Waals surface area contributed by atoms with Gasteiger partial charge in [-0.25, -0.2) is 0 Å². The third-order valence-electron chi connectivity index (χ3n) is 2.34. The van der Waals surface area contributed by atoms with Gasteiger partial charge in [-0.15, -0.1) is 0 Å². The van der Waals surface area contributed by atoms with Gasteiger partial charge in [0.2, 0.25) is 5.91 Å². The van der Waals surface area contributed by atoms with E-state index in [9.17, 15) is 9.59 Å². The molecular formula is C11H18N4O2. The maximum atomic E-state index is 12.0. The summed E-state index contributed by atoms with van der Waals surface area (Å²) in [7, 11) is 3.33. The Morgan fingerprint density at radius 3 is 2.53 bits per heavy atom. The number of rotatable bonds is 4. The summed E-state index contributed by atoms with van der Waals surface area (Å²) >= 11 is 0. The van der Waals surface area contributed by atoms with Gasteiger partial charge in [-0.05, 0) is 6.92 Å². The van der Waals surface area contributed by atoms with Gasteiger partial charge in [-0.3, -0.25) is 14.3 Å². The fourth-order valence-electron chi connectivity index (χ4n) is 1.39. The Morgan fingerprint density at radius 1 is 1.41 bits per heavy atom. The highest BCUT2D eigenvalue weighted by atomic mass is 16.2. The maximum absolute atomic E-state index is 12.0. The number of nitrogens with zero attached hydrogens (tertiary/aromatic N) is 3. The molecule has 1 aromatic rings. The van der Waals surface area contributed by atoms with E-state index in [4.69, 9.17) is 0 Å². The van der Waals surface area contributed by atoms with Crippen molar-refractivity contribution < 1.29 is 9.59 Å². The number of anilines is 1. The number of hydrogen-bond acceptors (Lipinski definition) is 3. The molecule has 0 aliphatic carbocycles. The Hall–Kier alpha value is -1.85. The molecule has 0 saturated heterocycles. The average Bonchev–Trinajstić information content (AvgIpc) is 2.70. The van der Waals surface area contributed by atoms with E-state index in [1.54, 1.807) is 25.7 Å². The quantitative estimate of drug-likeness (QED) is 0.849. The summed E-state index contributed by atoms with van der Waals surface area (Å²) in [6, 6.07) is 0. The van der Waals surface area contributed by atoms with Gasteiger partial charge in [0, 0.05) is 27.1 Å². The lowest BCUT2D eigenvalue weighted by Gasteiger charge is -2.13. The van der Waals surface area contributed by atoms with Crippen molar-refractivity contribution in [1.82, 2.24) is 14.7 Å². The largest absolute Gasteiger partial charge is 0.343 e. The number of amides is 2. The molecular weight excluding hydrogens is 220 g/mol. The Balaban J connectivity index is 3.10.